The van der Waals surface area contributed by atoms with Crippen LogP contribution in [-0.2, 0) is 6.54 Å². The van der Waals surface area contributed by atoms with Crippen LogP contribution in [0.25, 0.3) is 10.6 Å². The van der Waals surface area contributed by atoms with E-state index in [0.717, 1.165) is 16.3 Å². The first-order valence-corrected chi connectivity index (χ1v) is 7.87. The lowest BCUT2D eigenvalue weighted by molar-refractivity contribution is 0.0954. The second-order valence-electron chi connectivity index (χ2n) is 4.68. The second-order valence-corrected chi connectivity index (χ2v) is 5.77. The summed E-state index contributed by atoms with van der Waals surface area (Å²) < 4.78 is 0. The molecule has 2 N–H and O–H groups in total. The van der Waals surface area contributed by atoms with Crippen LogP contribution in [0, 0.1) is 0 Å². The molecule has 0 fully saturated rings. The van der Waals surface area contributed by atoms with E-state index in [0.29, 0.717) is 17.4 Å². The number of hydrogen-bond acceptors (Lipinski definition) is 6. The first kappa shape index (κ1) is 15.1. The molecule has 0 saturated heterocycles. The molecule has 3 heterocycles. The minimum absolute atomic E-state index is 0.116. The number of carbonyl (C=O) groups is 1. The van der Waals surface area contributed by atoms with Crippen molar-refractivity contribution in [2.45, 2.75) is 6.54 Å². The van der Waals surface area contributed by atoms with Gasteiger partial charge >= 0.3 is 0 Å². The molecule has 3 rings (SSSR count). The highest BCUT2D eigenvalue weighted by molar-refractivity contribution is 7.17. The van der Waals surface area contributed by atoms with Crippen molar-refractivity contribution in [1.29, 1.82) is 0 Å². The molecular formula is C16H15N5OS. The number of anilines is 1. The van der Waals surface area contributed by atoms with Gasteiger partial charge in [0.1, 0.15) is 0 Å². The third-order valence-corrected chi connectivity index (χ3v) is 4.22. The third kappa shape index (κ3) is 3.70. The summed E-state index contributed by atoms with van der Waals surface area (Å²) in [6, 6.07) is 11.1. The zero-order chi connectivity index (χ0) is 16.1. The highest BCUT2D eigenvalue weighted by Crippen LogP contribution is 2.26. The maximum absolute atomic E-state index is 12.2. The lowest BCUT2D eigenvalue weighted by Gasteiger charge is -2.02. The normalized spacial score (nSPS) is 10.3. The van der Waals surface area contributed by atoms with E-state index in [1.54, 1.807) is 25.5 Å². The minimum atomic E-state index is -0.116. The van der Waals surface area contributed by atoms with E-state index >= 15 is 0 Å². The molecule has 0 aliphatic rings. The molecule has 0 aromatic carbocycles. The van der Waals surface area contributed by atoms with Crippen LogP contribution in [0.1, 0.15) is 15.4 Å². The number of aromatic nitrogens is 3. The Bertz CT molecular complexity index is 803. The fraction of sp³-hybridized carbons (Fsp3) is 0.125. The summed E-state index contributed by atoms with van der Waals surface area (Å²) in [7, 11) is 1.77. The van der Waals surface area contributed by atoms with Crippen molar-refractivity contribution in [2.24, 2.45) is 0 Å². The van der Waals surface area contributed by atoms with Crippen LogP contribution in [0.2, 0.25) is 0 Å². The smallest absolute Gasteiger partial charge is 0.261 e. The van der Waals surface area contributed by atoms with E-state index in [9.17, 15) is 4.79 Å². The number of carbonyl (C=O) groups excluding carboxylic acids is 1. The molecular weight excluding hydrogens is 310 g/mol. The molecule has 7 heteroatoms. The van der Waals surface area contributed by atoms with E-state index < -0.39 is 0 Å². The highest BCUT2D eigenvalue weighted by atomic mass is 32.1. The number of pyridine rings is 1. The van der Waals surface area contributed by atoms with Crippen molar-refractivity contribution in [3.05, 3.63) is 59.4 Å². The molecule has 0 bridgehead atoms. The SMILES string of the molecule is CNc1nccc(-c2ccc(C(=O)NCc3ccccn3)s2)n1. The Balaban J connectivity index is 1.69. The van der Waals surface area contributed by atoms with Crippen LogP contribution < -0.4 is 10.6 Å². The summed E-state index contributed by atoms with van der Waals surface area (Å²) >= 11 is 1.40. The summed E-state index contributed by atoms with van der Waals surface area (Å²) in [5.41, 5.74) is 1.62. The Morgan fingerprint density at radius 2 is 2.04 bits per heavy atom. The van der Waals surface area contributed by atoms with Crippen molar-refractivity contribution in [3.63, 3.8) is 0 Å². The van der Waals surface area contributed by atoms with Crippen LogP contribution in [0.3, 0.4) is 0 Å². The molecule has 1 amide bonds. The molecule has 6 nitrogen and oxygen atoms in total. The van der Waals surface area contributed by atoms with Gasteiger partial charge in [-0.05, 0) is 30.3 Å². The zero-order valence-corrected chi connectivity index (χ0v) is 13.3. The highest BCUT2D eigenvalue weighted by Gasteiger charge is 2.11. The van der Waals surface area contributed by atoms with E-state index in [1.807, 2.05) is 30.3 Å². The van der Waals surface area contributed by atoms with Crippen LogP contribution >= 0.6 is 11.3 Å². The molecule has 23 heavy (non-hydrogen) atoms. The van der Waals surface area contributed by atoms with Gasteiger partial charge in [-0.1, -0.05) is 6.07 Å². The number of amides is 1. The molecule has 0 unspecified atom stereocenters. The topological polar surface area (TPSA) is 79.8 Å². The van der Waals surface area contributed by atoms with Gasteiger partial charge in [-0.15, -0.1) is 11.3 Å². The molecule has 0 atom stereocenters. The Kier molecular flexibility index (Phi) is 4.58. The minimum Gasteiger partial charge on any atom is -0.357 e. The third-order valence-electron chi connectivity index (χ3n) is 3.12. The molecule has 3 aromatic heterocycles. The van der Waals surface area contributed by atoms with Gasteiger partial charge in [-0.25, -0.2) is 9.97 Å². The lowest BCUT2D eigenvalue weighted by Crippen LogP contribution is -2.22. The Labute approximate surface area is 137 Å². The number of rotatable bonds is 5. The molecule has 3 aromatic rings. The summed E-state index contributed by atoms with van der Waals surface area (Å²) in [5.74, 6) is 0.437. The summed E-state index contributed by atoms with van der Waals surface area (Å²) in [6.45, 7) is 0.407. The van der Waals surface area contributed by atoms with Gasteiger partial charge in [0.25, 0.3) is 5.91 Å². The first-order chi connectivity index (χ1) is 11.3. The van der Waals surface area contributed by atoms with Gasteiger partial charge in [0.05, 0.1) is 27.7 Å². The van der Waals surface area contributed by atoms with Gasteiger partial charge in [0.2, 0.25) is 5.95 Å². The van der Waals surface area contributed by atoms with E-state index in [1.165, 1.54) is 11.3 Å². The van der Waals surface area contributed by atoms with Crippen molar-refractivity contribution in [3.8, 4) is 10.6 Å². The summed E-state index contributed by atoms with van der Waals surface area (Å²) in [6.07, 6.45) is 3.40. The average Bonchev–Trinajstić information content (AvgIpc) is 3.11. The van der Waals surface area contributed by atoms with Crippen molar-refractivity contribution >= 4 is 23.2 Å². The molecule has 0 spiro atoms. The van der Waals surface area contributed by atoms with Gasteiger partial charge in [0, 0.05) is 19.4 Å². The standard InChI is InChI=1S/C16H15N5OS/c1-17-16-19-9-7-12(21-16)13-5-6-14(23-13)15(22)20-10-11-4-2-3-8-18-11/h2-9H,10H2,1H3,(H,20,22)(H,17,19,21). The largest absolute Gasteiger partial charge is 0.357 e. The average molecular weight is 325 g/mol. The first-order valence-electron chi connectivity index (χ1n) is 7.05. The Hall–Kier alpha value is -2.80. The van der Waals surface area contributed by atoms with Gasteiger partial charge in [-0.3, -0.25) is 9.78 Å². The monoisotopic (exact) mass is 325 g/mol. The van der Waals surface area contributed by atoms with E-state index in [4.69, 9.17) is 0 Å². The number of nitrogens with zero attached hydrogens (tertiary/aromatic N) is 3. The van der Waals surface area contributed by atoms with Crippen molar-refractivity contribution in [2.75, 3.05) is 12.4 Å². The number of hydrogen-bond donors (Lipinski definition) is 2. The van der Waals surface area contributed by atoms with Crippen LogP contribution in [0.5, 0.6) is 0 Å². The maximum Gasteiger partial charge on any atom is 0.261 e. The predicted molar refractivity (Wildman–Crippen MR) is 90.3 cm³/mol. The molecule has 116 valence electrons. The Morgan fingerprint density at radius 1 is 1.13 bits per heavy atom. The predicted octanol–water partition coefficient (Wildman–Crippen LogP) is 2.57. The van der Waals surface area contributed by atoms with Gasteiger partial charge in [0.15, 0.2) is 0 Å². The molecule has 0 radical (unpaired) electrons. The summed E-state index contributed by atoms with van der Waals surface area (Å²) in [4.78, 5) is 26.4. The van der Waals surface area contributed by atoms with Crippen molar-refractivity contribution < 1.29 is 4.79 Å². The maximum atomic E-state index is 12.2. The van der Waals surface area contributed by atoms with E-state index in [2.05, 4.69) is 25.6 Å². The van der Waals surface area contributed by atoms with Crippen LogP contribution in [0.4, 0.5) is 5.95 Å². The van der Waals surface area contributed by atoms with Gasteiger partial charge in [-0.2, -0.15) is 0 Å². The molecule has 0 aliphatic carbocycles. The number of nitrogens with one attached hydrogen (secondary N) is 2. The number of thiophene rings is 1. The molecule has 0 aliphatic heterocycles. The Morgan fingerprint density at radius 3 is 2.83 bits per heavy atom. The zero-order valence-electron chi connectivity index (χ0n) is 12.5. The van der Waals surface area contributed by atoms with Crippen LogP contribution in [0.15, 0.2) is 48.8 Å². The van der Waals surface area contributed by atoms with Crippen molar-refractivity contribution in [1.82, 2.24) is 20.3 Å². The summed E-state index contributed by atoms with van der Waals surface area (Å²) in [5, 5.41) is 5.77. The van der Waals surface area contributed by atoms with E-state index in [-0.39, 0.29) is 5.91 Å². The fourth-order valence-corrected chi connectivity index (χ4v) is 2.87. The second kappa shape index (κ2) is 6.97. The van der Waals surface area contributed by atoms with Crippen LogP contribution in [-0.4, -0.2) is 27.9 Å². The van der Waals surface area contributed by atoms with Gasteiger partial charge < -0.3 is 10.6 Å². The lowest BCUT2D eigenvalue weighted by atomic mass is 10.3. The fourth-order valence-electron chi connectivity index (χ4n) is 1.97. The quantitative estimate of drug-likeness (QED) is 0.753. The molecule has 0 saturated carbocycles.